The topological polar surface area (TPSA) is 34.0 Å². The molecule has 3 rings (SSSR count). The molecular formula is C15H21ClN4. The van der Waals surface area contributed by atoms with E-state index >= 15 is 0 Å². The smallest absolute Gasteiger partial charge is 0.125 e. The van der Waals surface area contributed by atoms with E-state index in [-0.39, 0.29) is 0 Å². The predicted molar refractivity (Wildman–Crippen MR) is 82.1 cm³/mol. The quantitative estimate of drug-likeness (QED) is 0.812. The van der Waals surface area contributed by atoms with Crippen LogP contribution in [0.5, 0.6) is 0 Å². The Balaban J connectivity index is 1.87. The fourth-order valence-corrected chi connectivity index (χ4v) is 3.37. The minimum atomic E-state index is 0.384. The molecule has 5 heteroatoms. The summed E-state index contributed by atoms with van der Waals surface area (Å²) in [4.78, 5) is 11.3. The third-order valence-corrected chi connectivity index (χ3v) is 4.34. The number of nitrogens with zero attached hydrogens (tertiary/aromatic N) is 4. The lowest BCUT2D eigenvalue weighted by Crippen LogP contribution is -2.34. The van der Waals surface area contributed by atoms with Gasteiger partial charge in [0.1, 0.15) is 11.3 Å². The van der Waals surface area contributed by atoms with Crippen molar-refractivity contribution in [1.82, 2.24) is 19.4 Å². The van der Waals surface area contributed by atoms with Crippen molar-refractivity contribution in [3.63, 3.8) is 0 Å². The molecule has 1 aliphatic heterocycles. The van der Waals surface area contributed by atoms with E-state index in [4.69, 9.17) is 11.6 Å². The zero-order chi connectivity index (χ0) is 13.9. The molecule has 0 aromatic carbocycles. The van der Waals surface area contributed by atoms with Crippen molar-refractivity contribution in [2.45, 2.75) is 38.1 Å². The first-order chi connectivity index (χ1) is 9.79. The van der Waals surface area contributed by atoms with Gasteiger partial charge in [-0.2, -0.15) is 0 Å². The number of hydrogen-bond donors (Lipinski definition) is 0. The number of rotatable bonds is 4. The van der Waals surface area contributed by atoms with Crippen molar-refractivity contribution in [1.29, 1.82) is 0 Å². The Morgan fingerprint density at radius 3 is 2.85 bits per heavy atom. The van der Waals surface area contributed by atoms with E-state index in [0.29, 0.717) is 11.9 Å². The lowest BCUT2D eigenvalue weighted by molar-refractivity contribution is 0.202. The van der Waals surface area contributed by atoms with Crippen LogP contribution in [0, 0.1) is 0 Å². The van der Waals surface area contributed by atoms with Gasteiger partial charge in [0, 0.05) is 18.8 Å². The Bertz CT molecular complexity index is 574. The molecule has 1 aliphatic rings. The van der Waals surface area contributed by atoms with Gasteiger partial charge >= 0.3 is 0 Å². The van der Waals surface area contributed by atoms with Gasteiger partial charge in [-0.3, -0.25) is 4.98 Å². The number of halogens is 1. The molecule has 0 bridgehead atoms. The number of likely N-dealkylation sites (tertiary alicyclic amines) is 1. The van der Waals surface area contributed by atoms with Crippen LogP contribution in [0.2, 0.25) is 0 Å². The summed E-state index contributed by atoms with van der Waals surface area (Å²) in [6.45, 7) is 5.76. The van der Waals surface area contributed by atoms with Crippen LogP contribution < -0.4 is 0 Å². The third kappa shape index (κ3) is 2.67. The van der Waals surface area contributed by atoms with Crippen molar-refractivity contribution in [3.8, 4) is 0 Å². The zero-order valence-electron chi connectivity index (χ0n) is 11.9. The molecule has 4 nitrogen and oxygen atoms in total. The lowest BCUT2D eigenvalue weighted by atomic mass is 10.1. The summed E-state index contributed by atoms with van der Waals surface area (Å²) in [5.41, 5.74) is 2.08. The molecule has 2 aromatic heterocycles. The van der Waals surface area contributed by atoms with Crippen LogP contribution in [0.15, 0.2) is 18.5 Å². The van der Waals surface area contributed by atoms with Crippen molar-refractivity contribution in [2.75, 3.05) is 19.6 Å². The molecule has 0 saturated carbocycles. The van der Waals surface area contributed by atoms with E-state index in [1.54, 1.807) is 0 Å². The van der Waals surface area contributed by atoms with E-state index < -0.39 is 0 Å². The van der Waals surface area contributed by atoms with Crippen LogP contribution in [-0.2, 0) is 5.88 Å². The van der Waals surface area contributed by atoms with Gasteiger partial charge in [0.25, 0.3) is 0 Å². The van der Waals surface area contributed by atoms with Gasteiger partial charge in [-0.1, -0.05) is 6.42 Å². The second kappa shape index (κ2) is 6.10. The minimum Gasteiger partial charge on any atom is -0.323 e. The summed E-state index contributed by atoms with van der Waals surface area (Å²) in [5, 5.41) is 0. The number of imidazole rings is 1. The van der Waals surface area contributed by atoms with Gasteiger partial charge in [-0.15, -0.1) is 11.6 Å². The minimum absolute atomic E-state index is 0.384. The monoisotopic (exact) mass is 292 g/mol. The second-order valence-electron chi connectivity index (χ2n) is 5.61. The fourth-order valence-electron chi connectivity index (χ4n) is 3.18. The van der Waals surface area contributed by atoms with Crippen LogP contribution >= 0.6 is 11.6 Å². The average Bonchev–Trinajstić information content (AvgIpc) is 2.86. The molecule has 0 amide bonds. The molecule has 0 radical (unpaired) electrons. The molecule has 0 N–H and O–H groups in total. The maximum atomic E-state index is 6.07. The third-order valence-electron chi connectivity index (χ3n) is 4.10. The van der Waals surface area contributed by atoms with Gasteiger partial charge in [-0.05, 0) is 38.9 Å². The van der Waals surface area contributed by atoms with E-state index in [1.165, 1.54) is 32.4 Å². The number of fused-ring (bicyclic) bond motifs is 1. The first-order valence-corrected chi connectivity index (χ1v) is 7.92. The average molecular weight is 293 g/mol. The molecular weight excluding hydrogens is 272 g/mol. The van der Waals surface area contributed by atoms with E-state index in [2.05, 4.69) is 26.4 Å². The first-order valence-electron chi connectivity index (χ1n) is 7.38. The number of alkyl halides is 1. The van der Waals surface area contributed by atoms with Crippen LogP contribution in [0.3, 0.4) is 0 Å². The zero-order valence-corrected chi connectivity index (χ0v) is 12.7. The second-order valence-corrected chi connectivity index (χ2v) is 5.87. The van der Waals surface area contributed by atoms with E-state index in [9.17, 15) is 0 Å². The van der Waals surface area contributed by atoms with Crippen LogP contribution in [0.25, 0.3) is 11.0 Å². The molecule has 2 aromatic rings. The molecule has 1 fully saturated rings. The molecule has 1 unspecified atom stereocenters. The molecule has 20 heavy (non-hydrogen) atoms. The molecule has 0 aliphatic carbocycles. The van der Waals surface area contributed by atoms with Crippen LogP contribution in [-0.4, -0.2) is 39.1 Å². The summed E-state index contributed by atoms with van der Waals surface area (Å²) in [6.07, 6.45) is 7.66. The number of piperidine rings is 1. The van der Waals surface area contributed by atoms with Gasteiger partial charge in [0.15, 0.2) is 0 Å². The largest absolute Gasteiger partial charge is 0.323 e. The Labute approximate surface area is 124 Å². The summed E-state index contributed by atoms with van der Waals surface area (Å²) in [6, 6.07) is 2.42. The molecule has 1 atom stereocenters. The SMILES string of the molecule is CC(CN1CCCCC1)n1c(CCl)nc2cnccc21. The lowest BCUT2D eigenvalue weighted by Gasteiger charge is -2.30. The highest BCUT2D eigenvalue weighted by atomic mass is 35.5. The predicted octanol–water partition coefficient (Wildman–Crippen LogP) is 3.22. The maximum Gasteiger partial charge on any atom is 0.125 e. The summed E-state index contributed by atoms with van der Waals surface area (Å²) in [7, 11) is 0. The highest BCUT2D eigenvalue weighted by molar-refractivity contribution is 6.16. The standard InChI is InChI=1S/C15H21ClN4/c1-12(11-19-7-3-2-4-8-19)20-14-5-6-17-10-13(14)18-15(20)9-16/h5-6,10,12H,2-4,7-9,11H2,1H3. The Hall–Kier alpha value is -1.13. The van der Waals surface area contributed by atoms with Crippen LogP contribution in [0.4, 0.5) is 0 Å². The van der Waals surface area contributed by atoms with E-state index in [0.717, 1.165) is 23.4 Å². The Morgan fingerprint density at radius 1 is 1.30 bits per heavy atom. The fraction of sp³-hybridized carbons (Fsp3) is 0.600. The molecule has 108 valence electrons. The van der Waals surface area contributed by atoms with Gasteiger partial charge in [0.2, 0.25) is 0 Å². The van der Waals surface area contributed by atoms with Crippen molar-refractivity contribution in [3.05, 3.63) is 24.3 Å². The van der Waals surface area contributed by atoms with Crippen LogP contribution in [0.1, 0.15) is 38.1 Å². The first kappa shape index (κ1) is 13.8. The number of aromatic nitrogens is 3. The molecule has 3 heterocycles. The molecule has 0 spiro atoms. The maximum absolute atomic E-state index is 6.07. The number of pyridine rings is 1. The normalized spacial score (nSPS) is 18.5. The highest BCUT2D eigenvalue weighted by Gasteiger charge is 2.19. The summed E-state index contributed by atoms with van der Waals surface area (Å²) in [5.74, 6) is 1.39. The van der Waals surface area contributed by atoms with Crippen molar-refractivity contribution in [2.24, 2.45) is 0 Å². The van der Waals surface area contributed by atoms with Crippen molar-refractivity contribution >= 4 is 22.6 Å². The Kier molecular flexibility index (Phi) is 4.22. The van der Waals surface area contributed by atoms with E-state index in [1.807, 2.05) is 18.5 Å². The summed E-state index contributed by atoms with van der Waals surface area (Å²) < 4.78 is 2.28. The van der Waals surface area contributed by atoms with Crippen molar-refractivity contribution < 1.29 is 0 Å². The van der Waals surface area contributed by atoms with Gasteiger partial charge in [-0.25, -0.2) is 4.98 Å². The van der Waals surface area contributed by atoms with Gasteiger partial charge in [0.05, 0.1) is 17.6 Å². The Morgan fingerprint density at radius 2 is 2.10 bits per heavy atom. The highest BCUT2D eigenvalue weighted by Crippen LogP contribution is 2.23. The van der Waals surface area contributed by atoms with Gasteiger partial charge < -0.3 is 9.47 Å². The summed E-state index contributed by atoms with van der Waals surface area (Å²) >= 11 is 6.07. The molecule has 1 saturated heterocycles. The number of hydrogen-bond acceptors (Lipinski definition) is 3.